The summed E-state index contributed by atoms with van der Waals surface area (Å²) in [5, 5.41) is 2.85. The summed E-state index contributed by atoms with van der Waals surface area (Å²) >= 11 is 11.4. The molecule has 10 heteroatoms. The molecule has 0 atom stereocenters. The highest BCUT2D eigenvalue weighted by Crippen LogP contribution is 2.28. The number of alkyl halides is 2. The van der Waals surface area contributed by atoms with Gasteiger partial charge in [0.25, 0.3) is 5.91 Å². The van der Waals surface area contributed by atoms with E-state index in [1.807, 2.05) is 32.0 Å². The van der Waals surface area contributed by atoms with Crippen LogP contribution in [0.5, 0.6) is 11.5 Å². The summed E-state index contributed by atoms with van der Waals surface area (Å²) < 4.78 is 37.9. The molecule has 2 aromatic carbocycles. The fraction of sp³-hybridized carbons (Fsp3) is 0.435. The van der Waals surface area contributed by atoms with Crippen molar-refractivity contribution in [2.75, 3.05) is 44.6 Å². The first-order valence-electron chi connectivity index (χ1n) is 10.8. The van der Waals surface area contributed by atoms with Gasteiger partial charge in [0.05, 0.1) is 18.1 Å². The van der Waals surface area contributed by atoms with E-state index in [1.54, 1.807) is 0 Å². The Kier molecular flexibility index (Phi) is 11.3. The number of rotatable bonds is 14. The molecular formula is C23H30Cl2N2O5S. The third-order valence-corrected chi connectivity index (χ3v) is 6.98. The van der Waals surface area contributed by atoms with Gasteiger partial charge in [-0.1, -0.05) is 6.07 Å². The predicted octanol–water partition coefficient (Wildman–Crippen LogP) is 3.92. The van der Waals surface area contributed by atoms with Crippen molar-refractivity contribution in [1.82, 2.24) is 9.62 Å². The van der Waals surface area contributed by atoms with E-state index in [1.165, 1.54) is 28.6 Å². The Bertz CT molecular complexity index is 994. The monoisotopic (exact) mass is 516 g/mol. The van der Waals surface area contributed by atoms with Gasteiger partial charge in [0.2, 0.25) is 10.0 Å². The molecular weight excluding hydrogens is 487 g/mol. The zero-order valence-corrected chi connectivity index (χ0v) is 21.2. The van der Waals surface area contributed by atoms with Crippen molar-refractivity contribution in [3.05, 3.63) is 53.6 Å². The number of benzene rings is 2. The molecule has 182 valence electrons. The van der Waals surface area contributed by atoms with E-state index >= 15 is 0 Å². The van der Waals surface area contributed by atoms with Gasteiger partial charge in [-0.15, -0.1) is 23.2 Å². The molecule has 0 bridgehead atoms. The summed E-state index contributed by atoms with van der Waals surface area (Å²) in [4.78, 5) is 12.6. The average molecular weight is 517 g/mol. The first-order chi connectivity index (χ1) is 15.9. The van der Waals surface area contributed by atoms with Crippen LogP contribution in [0.25, 0.3) is 0 Å². The number of halogens is 2. The summed E-state index contributed by atoms with van der Waals surface area (Å²) in [6.07, 6.45) is 0.608. The smallest absolute Gasteiger partial charge is 0.251 e. The van der Waals surface area contributed by atoms with Crippen molar-refractivity contribution in [2.45, 2.75) is 25.2 Å². The van der Waals surface area contributed by atoms with E-state index in [4.69, 9.17) is 32.7 Å². The van der Waals surface area contributed by atoms with Gasteiger partial charge in [0, 0.05) is 37.0 Å². The van der Waals surface area contributed by atoms with Crippen molar-refractivity contribution < 1.29 is 22.7 Å². The van der Waals surface area contributed by atoms with Crippen LogP contribution in [0.4, 0.5) is 0 Å². The number of carbonyl (C=O) groups is 1. The van der Waals surface area contributed by atoms with E-state index in [0.29, 0.717) is 43.2 Å². The van der Waals surface area contributed by atoms with Crippen LogP contribution in [0.15, 0.2) is 47.4 Å². The lowest BCUT2D eigenvalue weighted by molar-refractivity contribution is 0.0954. The Morgan fingerprint density at radius 1 is 0.939 bits per heavy atom. The molecule has 0 aromatic heterocycles. The molecule has 0 saturated heterocycles. The lowest BCUT2D eigenvalue weighted by atomic mass is 10.1. The maximum Gasteiger partial charge on any atom is 0.251 e. The molecule has 0 spiro atoms. The Hall–Kier alpha value is -2.00. The summed E-state index contributed by atoms with van der Waals surface area (Å²) in [5.41, 5.74) is 1.37. The number of carbonyl (C=O) groups excluding carboxylic acids is 1. The number of amides is 1. The van der Waals surface area contributed by atoms with Gasteiger partial charge in [-0.05, 0) is 62.2 Å². The Balaban J connectivity index is 1.99. The quantitative estimate of drug-likeness (QED) is 0.384. The minimum atomic E-state index is -3.73. The predicted molar refractivity (Wildman–Crippen MR) is 131 cm³/mol. The fourth-order valence-corrected chi connectivity index (χ4v) is 5.19. The number of nitrogens with one attached hydrogen (secondary N) is 1. The van der Waals surface area contributed by atoms with Crippen molar-refractivity contribution in [2.24, 2.45) is 0 Å². The van der Waals surface area contributed by atoms with Crippen LogP contribution < -0.4 is 14.8 Å². The second-order valence-corrected chi connectivity index (χ2v) is 9.65. The normalized spacial score (nSPS) is 11.4. The van der Waals surface area contributed by atoms with Crippen molar-refractivity contribution >= 4 is 39.1 Å². The molecule has 7 nitrogen and oxygen atoms in total. The van der Waals surface area contributed by atoms with E-state index in [0.717, 1.165) is 5.56 Å². The highest BCUT2D eigenvalue weighted by molar-refractivity contribution is 7.89. The number of sulfonamides is 1. The lowest BCUT2D eigenvalue weighted by Crippen LogP contribution is -2.34. The molecule has 2 aromatic rings. The minimum Gasteiger partial charge on any atom is -0.490 e. The minimum absolute atomic E-state index is 0.0899. The number of ether oxygens (including phenoxy) is 2. The Labute approximate surface area is 206 Å². The molecule has 0 radical (unpaired) electrons. The molecule has 0 aliphatic carbocycles. The molecule has 1 N–H and O–H groups in total. The highest BCUT2D eigenvalue weighted by atomic mass is 35.5. The van der Waals surface area contributed by atoms with Crippen LogP contribution in [0.2, 0.25) is 0 Å². The van der Waals surface area contributed by atoms with Gasteiger partial charge >= 0.3 is 0 Å². The molecule has 0 unspecified atom stereocenters. The number of hydrogen-bond donors (Lipinski definition) is 1. The van der Waals surface area contributed by atoms with Crippen LogP contribution in [-0.2, 0) is 16.4 Å². The van der Waals surface area contributed by atoms with E-state index in [9.17, 15) is 13.2 Å². The topological polar surface area (TPSA) is 84.9 Å². The van der Waals surface area contributed by atoms with Crippen molar-refractivity contribution in [1.29, 1.82) is 0 Å². The zero-order valence-electron chi connectivity index (χ0n) is 18.9. The van der Waals surface area contributed by atoms with E-state index in [2.05, 4.69) is 5.32 Å². The SMILES string of the molecule is CCOc1ccc(CCNC(=O)c2ccc(S(=O)(=O)N(CCCl)CCCl)cc2)cc1OCC. The van der Waals surface area contributed by atoms with Crippen LogP contribution in [0.1, 0.15) is 29.8 Å². The first-order valence-corrected chi connectivity index (χ1v) is 13.3. The highest BCUT2D eigenvalue weighted by Gasteiger charge is 2.23. The molecule has 0 fully saturated rings. The lowest BCUT2D eigenvalue weighted by Gasteiger charge is -2.20. The fourth-order valence-electron chi connectivity index (χ4n) is 3.14. The van der Waals surface area contributed by atoms with Gasteiger partial charge < -0.3 is 14.8 Å². The number of hydrogen-bond acceptors (Lipinski definition) is 5. The molecule has 2 rings (SSSR count). The van der Waals surface area contributed by atoms with Crippen LogP contribution in [0.3, 0.4) is 0 Å². The summed E-state index contributed by atoms with van der Waals surface area (Å²) in [5.74, 6) is 1.41. The van der Waals surface area contributed by atoms with E-state index in [-0.39, 0.29) is 35.7 Å². The molecule has 1 amide bonds. The zero-order chi connectivity index (χ0) is 24.3. The van der Waals surface area contributed by atoms with Gasteiger partial charge in [0.15, 0.2) is 11.5 Å². The largest absolute Gasteiger partial charge is 0.490 e. The Morgan fingerprint density at radius 2 is 1.55 bits per heavy atom. The molecule has 0 heterocycles. The van der Waals surface area contributed by atoms with Crippen LogP contribution >= 0.6 is 23.2 Å². The first kappa shape index (κ1) is 27.2. The average Bonchev–Trinajstić information content (AvgIpc) is 2.81. The second kappa shape index (κ2) is 13.6. The maximum atomic E-state index is 12.8. The summed E-state index contributed by atoms with van der Waals surface area (Å²) in [6.45, 7) is 5.64. The molecule has 33 heavy (non-hydrogen) atoms. The number of nitrogens with zero attached hydrogens (tertiary/aromatic N) is 1. The second-order valence-electron chi connectivity index (χ2n) is 6.96. The van der Waals surface area contributed by atoms with Crippen molar-refractivity contribution in [3.8, 4) is 11.5 Å². The van der Waals surface area contributed by atoms with Crippen LogP contribution in [-0.4, -0.2) is 63.2 Å². The summed E-state index contributed by atoms with van der Waals surface area (Å²) in [7, 11) is -3.73. The molecule has 0 aliphatic heterocycles. The third-order valence-electron chi connectivity index (χ3n) is 4.73. The molecule has 0 aliphatic rings. The third kappa shape index (κ3) is 7.78. The summed E-state index contributed by atoms with van der Waals surface area (Å²) in [6, 6.07) is 11.5. The van der Waals surface area contributed by atoms with Gasteiger partial charge in [-0.2, -0.15) is 4.31 Å². The standard InChI is InChI=1S/C23H30Cl2N2O5S/c1-3-31-21-10-5-18(17-22(21)32-4-2)11-14-26-23(28)19-6-8-20(9-7-19)33(29,30)27(15-12-24)16-13-25/h5-10,17H,3-4,11-16H2,1-2H3,(H,26,28). The van der Waals surface area contributed by atoms with Crippen molar-refractivity contribution in [3.63, 3.8) is 0 Å². The maximum absolute atomic E-state index is 12.8. The van der Waals surface area contributed by atoms with Gasteiger partial charge in [-0.3, -0.25) is 4.79 Å². The van der Waals surface area contributed by atoms with Crippen LogP contribution in [0, 0.1) is 0 Å². The van der Waals surface area contributed by atoms with Gasteiger partial charge in [-0.25, -0.2) is 8.42 Å². The molecule has 0 saturated carbocycles. The van der Waals surface area contributed by atoms with E-state index < -0.39 is 10.0 Å². The van der Waals surface area contributed by atoms with Gasteiger partial charge in [0.1, 0.15) is 0 Å². The Morgan fingerprint density at radius 3 is 2.12 bits per heavy atom.